The molecular weight excluding hydrogens is 300 g/mol. The molecule has 0 bridgehead atoms. The Hall–Kier alpha value is -1.73. The van der Waals surface area contributed by atoms with Gasteiger partial charge < -0.3 is 10.0 Å². The number of rotatable bonds is 5. The maximum atomic E-state index is 12.6. The Kier molecular flexibility index (Phi) is 4.01. The number of aryl methyl sites for hydroxylation is 2. The molecule has 118 valence electrons. The molecule has 3 rings (SSSR count). The number of thiazole rings is 1. The van der Waals surface area contributed by atoms with Gasteiger partial charge in [-0.15, -0.1) is 11.3 Å². The normalized spacial score (nSPS) is 15.8. The molecule has 1 atom stereocenters. The summed E-state index contributed by atoms with van der Waals surface area (Å²) in [4.78, 5) is 19.3. The van der Waals surface area contributed by atoms with Crippen LogP contribution in [0.5, 0.6) is 0 Å². The monoisotopic (exact) mass is 320 g/mol. The zero-order valence-corrected chi connectivity index (χ0v) is 13.8. The molecule has 1 unspecified atom stereocenters. The highest BCUT2D eigenvalue weighted by Crippen LogP contribution is 2.33. The third-order valence-electron chi connectivity index (χ3n) is 3.92. The van der Waals surface area contributed by atoms with Gasteiger partial charge in [0.05, 0.1) is 18.0 Å². The van der Waals surface area contributed by atoms with Crippen LogP contribution < -0.4 is 0 Å². The Morgan fingerprint density at radius 1 is 1.59 bits per heavy atom. The van der Waals surface area contributed by atoms with E-state index in [0.29, 0.717) is 17.3 Å². The van der Waals surface area contributed by atoms with Gasteiger partial charge >= 0.3 is 0 Å². The summed E-state index contributed by atoms with van der Waals surface area (Å²) in [5.74, 6) is 0.286. The Labute approximate surface area is 133 Å². The lowest BCUT2D eigenvalue weighted by Crippen LogP contribution is -2.35. The molecule has 1 N–H and O–H groups in total. The summed E-state index contributed by atoms with van der Waals surface area (Å²) in [5.41, 5.74) is 1.64. The number of hydrogen-bond acceptors (Lipinski definition) is 5. The highest BCUT2D eigenvalue weighted by atomic mass is 32.1. The third-order valence-corrected chi connectivity index (χ3v) is 5.11. The molecule has 0 aliphatic heterocycles. The SMILES string of the molecule is Cc1nc(-c2cnn(C)c2)sc1C(=O)N(C)CC(O)C1CC1. The van der Waals surface area contributed by atoms with E-state index in [0.717, 1.165) is 29.1 Å². The Bertz CT molecular complexity index is 690. The van der Waals surface area contributed by atoms with Gasteiger partial charge in [0.2, 0.25) is 0 Å². The second-order valence-corrected chi connectivity index (χ2v) is 6.93. The van der Waals surface area contributed by atoms with E-state index in [2.05, 4.69) is 10.1 Å². The number of amides is 1. The molecule has 0 saturated heterocycles. The second kappa shape index (κ2) is 5.81. The van der Waals surface area contributed by atoms with Crippen LogP contribution in [0.4, 0.5) is 0 Å². The Morgan fingerprint density at radius 3 is 2.91 bits per heavy atom. The summed E-state index contributed by atoms with van der Waals surface area (Å²) < 4.78 is 1.71. The molecule has 0 spiro atoms. The number of hydrogen-bond donors (Lipinski definition) is 1. The number of aliphatic hydroxyl groups excluding tert-OH is 1. The van der Waals surface area contributed by atoms with Crippen LogP contribution in [-0.4, -0.2) is 50.4 Å². The molecule has 0 aromatic carbocycles. The van der Waals surface area contributed by atoms with Gasteiger partial charge in [-0.2, -0.15) is 5.10 Å². The first-order valence-corrected chi connectivity index (χ1v) is 8.17. The molecule has 1 amide bonds. The van der Waals surface area contributed by atoms with E-state index in [4.69, 9.17) is 0 Å². The number of carbonyl (C=O) groups excluding carboxylic acids is 1. The van der Waals surface area contributed by atoms with Crippen molar-refractivity contribution in [3.05, 3.63) is 23.0 Å². The van der Waals surface area contributed by atoms with Crippen LogP contribution in [-0.2, 0) is 7.05 Å². The first kappa shape index (κ1) is 15.2. The number of aromatic nitrogens is 3. The molecule has 1 saturated carbocycles. The standard InChI is InChI=1S/C15H20N4O2S/c1-9-13(15(21)18(2)8-12(20)10-4-5-10)22-14(17-9)11-6-16-19(3)7-11/h6-7,10,12,20H,4-5,8H2,1-3H3. The lowest BCUT2D eigenvalue weighted by Gasteiger charge is -2.20. The van der Waals surface area contributed by atoms with Crippen LogP contribution >= 0.6 is 11.3 Å². The van der Waals surface area contributed by atoms with Gasteiger partial charge in [0.15, 0.2) is 0 Å². The van der Waals surface area contributed by atoms with Crippen LogP contribution in [0, 0.1) is 12.8 Å². The quantitative estimate of drug-likeness (QED) is 0.910. The van der Waals surface area contributed by atoms with Crippen molar-refractivity contribution in [2.24, 2.45) is 13.0 Å². The largest absolute Gasteiger partial charge is 0.391 e. The predicted octanol–water partition coefficient (Wildman–Crippen LogP) is 1.69. The fourth-order valence-electron chi connectivity index (χ4n) is 2.42. The second-order valence-electron chi connectivity index (χ2n) is 5.93. The Balaban J connectivity index is 1.75. The molecule has 0 radical (unpaired) electrons. The summed E-state index contributed by atoms with van der Waals surface area (Å²) in [6.07, 6.45) is 5.34. The minimum Gasteiger partial charge on any atom is -0.391 e. The van der Waals surface area contributed by atoms with Gasteiger partial charge in [0.1, 0.15) is 9.88 Å². The lowest BCUT2D eigenvalue weighted by molar-refractivity contribution is 0.0649. The molecule has 1 aliphatic rings. The van der Waals surface area contributed by atoms with Crippen molar-refractivity contribution in [2.45, 2.75) is 25.9 Å². The van der Waals surface area contributed by atoms with Crippen LogP contribution in [0.1, 0.15) is 28.2 Å². The van der Waals surface area contributed by atoms with Gasteiger partial charge in [0.25, 0.3) is 5.91 Å². The molecule has 2 aromatic rings. The maximum Gasteiger partial charge on any atom is 0.265 e. The molecule has 22 heavy (non-hydrogen) atoms. The average molecular weight is 320 g/mol. The predicted molar refractivity (Wildman–Crippen MR) is 84.7 cm³/mol. The van der Waals surface area contributed by atoms with E-state index in [1.165, 1.54) is 11.3 Å². The average Bonchev–Trinajstić information content (AvgIpc) is 3.14. The van der Waals surface area contributed by atoms with Crippen molar-refractivity contribution in [1.29, 1.82) is 0 Å². The first-order chi connectivity index (χ1) is 10.5. The van der Waals surface area contributed by atoms with E-state index in [9.17, 15) is 9.90 Å². The highest BCUT2D eigenvalue weighted by Gasteiger charge is 2.31. The summed E-state index contributed by atoms with van der Waals surface area (Å²) >= 11 is 1.38. The minimum absolute atomic E-state index is 0.0789. The molecule has 6 nitrogen and oxygen atoms in total. The van der Waals surface area contributed by atoms with Gasteiger partial charge in [-0.1, -0.05) is 0 Å². The van der Waals surface area contributed by atoms with Gasteiger partial charge in [0, 0.05) is 32.4 Å². The zero-order chi connectivity index (χ0) is 15.9. The lowest BCUT2D eigenvalue weighted by atomic mass is 10.2. The summed E-state index contributed by atoms with van der Waals surface area (Å²) in [6, 6.07) is 0. The fourth-order valence-corrected chi connectivity index (χ4v) is 3.45. The first-order valence-electron chi connectivity index (χ1n) is 7.35. The van der Waals surface area contributed by atoms with E-state index >= 15 is 0 Å². The van der Waals surface area contributed by atoms with Crippen LogP contribution in [0.2, 0.25) is 0 Å². The van der Waals surface area contributed by atoms with E-state index in [1.807, 2.05) is 20.2 Å². The maximum absolute atomic E-state index is 12.6. The van der Waals surface area contributed by atoms with Gasteiger partial charge in [-0.25, -0.2) is 4.98 Å². The van der Waals surface area contributed by atoms with Crippen LogP contribution in [0.25, 0.3) is 10.6 Å². The van der Waals surface area contributed by atoms with Crippen molar-refractivity contribution in [2.75, 3.05) is 13.6 Å². The molecule has 1 aliphatic carbocycles. The topological polar surface area (TPSA) is 71.2 Å². The van der Waals surface area contributed by atoms with E-state index < -0.39 is 6.10 Å². The molecule has 2 aromatic heterocycles. The Morgan fingerprint density at radius 2 is 2.32 bits per heavy atom. The van der Waals surface area contributed by atoms with E-state index in [-0.39, 0.29) is 5.91 Å². The van der Waals surface area contributed by atoms with Crippen molar-refractivity contribution in [3.8, 4) is 10.6 Å². The van der Waals surface area contributed by atoms with Crippen molar-refractivity contribution >= 4 is 17.2 Å². The number of nitrogens with zero attached hydrogens (tertiary/aromatic N) is 4. The van der Waals surface area contributed by atoms with Crippen LogP contribution in [0.15, 0.2) is 12.4 Å². The summed E-state index contributed by atoms with van der Waals surface area (Å²) in [7, 11) is 3.58. The van der Waals surface area contributed by atoms with Crippen LogP contribution in [0.3, 0.4) is 0 Å². The molecule has 1 fully saturated rings. The number of likely N-dealkylation sites (N-methyl/N-ethyl adjacent to an activating group) is 1. The third kappa shape index (κ3) is 3.05. The molecule has 7 heteroatoms. The summed E-state index contributed by atoms with van der Waals surface area (Å²) in [5, 5.41) is 14.9. The van der Waals surface area contributed by atoms with Crippen molar-refractivity contribution in [1.82, 2.24) is 19.7 Å². The van der Waals surface area contributed by atoms with E-state index in [1.54, 1.807) is 22.8 Å². The smallest absolute Gasteiger partial charge is 0.265 e. The molecule has 2 heterocycles. The highest BCUT2D eigenvalue weighted by molar-refractivity contribution is 7.17. The zero-order valence-electron chi connectivity index (χ0n) is 13.0. The van der Waals surface area contributed by atoms with Gasteiger partial charge in [-0.3, -0.25) is 9.48 Å². The van der Waals surface area contributed by atoms with Crippen molar-refractivity contribution in [3.63, 3.8) is 0 Å². The number of carbonyl (C=O) groups is 1. The molecular formula is C15H20N4O2S. The van der Waals surface area contributed by atoms with Crippen molar-refractivity contribution < 1.29 is 9.90 Å². The minimum atomic E-state index is -0.417. The summed E-state index contributed by atoms with van der Waals surface area (Å²) in [6.45, 7) is 2.22. The number of aliphatic hydroxyl groups is 1. The fraction of sp³-hybridized carbons (Fsp3) is 0.533. The van der Waals surface area contributed by atoms with Gasteiger partial charge in [-0.05, 0) is 25.7 Å².